The second kappa shape index (κ2) is 6.80. The van der Waals surface area contributed by atoms with Crippen molar-refractivity contribution in [2.75, 3.05) is 0 Å². The van der Waals surface area contributed by atoms with E-state index in [9.17, 15) is 0 Å². The molecular formula is C13H19OSi. The van der Waals surface area contributed by atoms with E-state index >= 15 is 0 Å². The Morgan fingerprint density at radius 1 is 1.33 bits per heavy atom. The Hall–Kier alpha value is -0.603. The topological polar surface area (TPSA) is 9.23 Å². The molecule has 1 aromatic rings. The van der Waals surface area contributed by atoms with Crippen molar-refractivity contribution in [1.82, 2.24) is 0 Å². The second-order valence-electron chi connectivity index (χ2n) is 4.03. The maximum Gasteiger partial charge on any atom is 0.246 e. The first-order valence-electron chi connectivity index (χ1n) is 5.66. The van der Waals surface area contributed by atoms with Gasteiger partial charge in [0.05, 0.1) is 6.61 Å². The number of hydrogen-bond donors (Lipinski definition) is 0. The zero-order valence-electron chi connectivity index (χ0n) is 9.62. The van der Waals surface area contributed by atoms with Crippen molar-refractivity contribution >= 4 is 10.5 Å². The van der Waals surface area contributed by atoms with Crippen LogP contribution in [-0.4, -0.2) is 10.5 Å². The lowest BCUT2D eigenvalue weighted by Gasteiger charge is -2.15. The molecule has 1 aromatic carbocycles. The van der Waals surface area contributed by atoms with Gasteiger partial charge in [-0.25, -0.2) is 0 Å². The van der Waals surface area contributed by atoms with E-state index < -0.39 is 0 Å². The first-order chi connectivity index (χ1) is 7.29. The molecule has 1 unspecified atom stereocenters. The van der Waals surface area contributed by atoms with Crippen LogP contribution in [0.1, 0.15) is 50.2 Å². The Balaban J connectivity index is 2.72. The molecule has 15 heavy (non-hydrogen) atoms. The number of unbranched alkanes of at least 4 members (excludes halogenated alkanes) is 1. The molecule has 81 valence electrons. The van der Waals surface area contributed by atoms with Crippen molar-refractivity contribution < 1.29 is 4.43 Å². The van der Waals surface area contributed by atoms with Crippen LogP contribution >= 0.6 is 0 Å². The van der Waals surface area contributed by atoms with Gasteiger partial charge >= 0.3 is 0 Å². The van der Waals surface area contributed by atoms with E-state index in [0.29, 0.717) is 12.5 Å². The summed E-state index contributed by atoms with van der Waals surface area (Å²) in [5.41, 5.74) is 2.71. The van der Waals surface area contributed by atoms with E-state index in [-0.39, 0.29) is 0 Å². The molecule has 1 atom stereocenters. The van der Waals surface area contributed by atoms with Gasteiger partial charge in [0, 0.05) is 0 Å². The van der Waals surface area contributed by atoms with Crippen molar-refractivity contribution in [1.29, 1.82) is 0 Å². The molecule has 0 aliphatic heterocycles. The maximum absolute atomic E-state index is 5.03. The van der Waals surface area contributed by atoms with E-state index in [1.54, 1.807) is 0 Å². The summed E-state index contributed by atoms with van der Waals surface area (Å²) >= 11 is 0. The molecule has 0 aliphatic carbocycles. The second-order valence-corrected chi connectivity index (χ2v) is 4.32. The molecule has 0 bridgehead atoms. The summed E-state index contributed by atoms with van der Waals surface area (Å²) < 4.78 is 5.03. The number of hydrogen-bond acceptors (Lipinski definition) is 1. The number of rotatable bonds is 6. The smallest absolute Gasteiger partial charge is 0.246 e. The Kier molecular flexibility index (Phi) is 5.65. The zero-order chi connectivity index (χ0) is 11.1. The molecule has 2 heteroatoms. The van der Waals surface area contributed by atoms with Crippen molar-refractivity contribution in [3.05, 3.63) is 35.4 Å². The normalized spacial score (nSPS) is 12.7. The Morgan fingerprint density at radius 2 is 2.07 bits per heavy atom. The van der Waals surface area contributed by atoms with Gasteiger partial charge in [0.1, 0.15) is 0 Å². The molecule has 0 heterocycles. The quantitative estimate of drug-likeness (QED) is 0.665. The molecule has 0 amide bonds. The van der Waals surface area contributed by atoms with Gasteiger partial charge in [0.2, 0.25) is 10.5 Å². The zero-order valence-corrected chi connectivity index (χ0v) is 10.6. The molecule has 0 aromatic heterocycles. The summed E-state index contributed by atoms with van der Waals surface area (Å²) in [6.07, 6.45) is 3.82. The van der Waals surface area contributed by atoms with E-state index in [0.717, 1.165) is 0 Å². The average Bonchev–Trinajstić information content (AvgIpc) is 2.27. The third-order valence-corrected chi connectivity index (χ3v) is 2.95. The summed E-state index contributed by atoms with van der Waals surface area (Å²) in [6.45, 7) is 5.17. The van der Waals surface area contributed by atoms with Crippen LogP contribution in [0.3, 0.4) is 0 Å². The van der Waals surface area contributed by atoms with E-state index in [2.05, 4.69) is 48.6 Å². The molecule has 0 spiro atoms. The average molecular weight is 219 g/mol. The predicted molar refractivity (Wildman–Crippen MR) is 64.9 cm³/mol. The summed E-state index contributed by atoms with van der Waals surface area (Å²) in [7, 11) is 3.07. The van der Waals surface area contributed by atoms with Gasteiger partial charge in [-0.3, -0.25) is 0 Å². The molecule has 1 rings (SSSR count). The van der Waals surface area contributed by atoms with Crippen LogP contribution in [-0.2, 0) is 11.0 Å². The fourth-order valence-electron chi connectivity index (χ4n) is 1.89. The van der Waals surface area contributed by atoms with Gasteiger partial charge < -0.3 is 4.43 Å². The molecule has 0 aliphatic rings. The lowest BCUT2D eigenvalue weighted by molar-refractivity contribution is 0.336. The van der Waals surface area contributed by atoms with Crippen LogP contribution in [0, 0.1) is 0 Å². The summed E-state index contributed by atoms with van der Waals surface area (Å²) in [5.74, 6) is 0.628. The van der Waals surface area contributed by atoms with Gasteiger partial charge in [-0.05, 0) is 23.5 Å². The lowest BCUT2D eigenvalue weighted by Crippen LogP contribution is -2.00. The van der Waals surface area contributed by atoms with Gasteiger partial charge in [0.15, 0.2) is 0 Å². The Labute approximate surface area is 96.4 Å². The highest BCUT2D eigenvalue weighted by Crippen LogP contribution is 2.25. The van der Waals surface area contributed by atoms with Gasteiger partial charge in [-0.2, -0.15) is 0 Å². The monoisotopic (exact) mass is 219 g/mol. The van der Waals surface area contributed by atoms with Crippen LogP contribution in [0.15, 0.2) is 24.3 Å². The standard InChI is InChI=1S/C13H19OSi/c1-3-4-7-11(2)13-9-6-5-8-12(13)10-14-15/h5-6,8-9,11H,3-4,7,10H2,1-2H3. The fraction of sp³-hybridized carbons (Fsp3) is 0.538. The maximum atomic E-state index is 5.03. The van der Waals surface area contributed by atoms with Crippen LogP contribution < -0.4 is 0 Å². The fourth-order valence-corrected chi connectivity index (χ4v) is 2.05. The molecule has 0 fully saturated rings. The molecule has 0 N–H and O–H groups in total. The van der Waals surface area contributed by atoms with Gasteiger partial charge in [-0.15, -0.1) is 0 Å². The van der Waals surface area contributed by atoms with Crippen molar-refractivity contribution in [3.8, 4) is 0 Å². The third kappa shape index (κ3) is 3.80. The number of benzene rings is 1. The summed E-state index contributed by atoms with van der Waals surface area (Å²) in [6, 6.07) is 8.52. The predicted octanol–water partition coefficient (Wildman–Crippen LogP) is 3.58. The molecule has 0 saturated heterocycles. The highest BCUT2D eigenvalue weighted by molar-refractivity contribution is 5.97. The largest absolute Gasteiger partial charge is 0.414 e. The van der Waals surface area contributed by atoms with E-state index in [1.165, 1.54) is 30.4 Å². The van der Waals surface area contributed by atoms with Crippen LogP contribution in [0.2, 0.25) is 0 Å². The molecular weight excluding hydrogens is 200 g/mol. The highest BCUT2D eigenvalue weighted by atomic mass is 28.2. The van der Waals surface area contributed by atoms with Crippen LogP contribution in [0.4, 0.5) is 0 Å². The first-order valence-corrected chi connectivity index (χ1v) is 6.06. The Morgan fingerprint density at radius 3 is 2.73 bits per heavy atom. The Bertz CT molecular complexity index is 286. The first kappa shape index (κ1) is 12.5. The van der Waals surface area contributed by atoms with Crippen molar-refractivity contribution in [2.45, 2.75) is 45.6 Å². The SMILES string of the molecule is CCCCC(C)c1ccccc1CO[Si]. The van der Waals surface area contributed by atoms with Gasteiger partial charge in [-0.1, -0.05) is 51.0 Å². The summed E-state index contributed by atoms with van der Waals surface area (Å²) in [5, 5.41) is 0. The van der Waals surface area contributed by atoms with E-state index in [4.69, 9.17) is 4.43 Å². The minimum atomic E-state index is 0.628. The van der Waals surface area contributed by atoms with Crippen molar-refractivity contribution in [3.63, 3.8) is 0 Å². The third-order valence-electron chi connectivity index (χ3n) is 2.80. The minimum Gasteiger partial charge on any atom is -0.414 e. The molecule has 1 nitrogen and oxygen atoms in total. The van der Waals surface area contributed by atoms with Crippen molar-refractivity contribution in [2.24, 2.45) is 0 Å². The van der Waals surface area contributed by atoms with Crippen LogP contribution in [0.25, 0.3) is 0 Å². The molecule has 3 radical (unpaired) electrons. The summed E-state index contributed by atoms with van der Waals surface area (Å²) in [4.78, 5) is 0. The molecule has 0 saturated carbocycles. The highest BCUT2D eigenvalue weighted by Gasteiger charge is 2.08. The van der Waals surface area contributed by atoms with E-state index in [1.807, 2.05) is 0 Å². The minimum absolute atomic E-state index is 0.628. The van der Waals surface area contributed by atoms with Crippen LogP contribution in [0.5, 0.6) is 0 Å². The lowest BCUT2D eigenvalue weighted by atomic mass is 9.92. The van der Waals surface area contributed by atoms with Gasteiger partial charge in [0.25, 0.3) is 0 Å².